The number of halogens is 1. The van der Waals surface area contributed by atoms with Crippen LogP contribution in [0.1, 0.15) is 0 Å². The lowest BCUT2D eigenvalue weighted by Crippen LogP contribution is -2.33. The molecule has 2 rings (SSSR count). The summed E-state index contributed by atoms with van der Waals surface area (Å²) in [6.45, 7) is -0.160. The van der Waals surface area contributed by atoms with Crippen molar-refractivity contribution >= 4 is 29.3 Å². The number of aromatic nitrogens is 2. The van der Waals surface area contributed by atoms with Crippen molar-refractivity contribution in [2.24, 2.45) is 0 Å². The van der Waals surface area contributed by atoms with Crippen molar-refractivity contribution in [3.8, 4) is 0 Å². The Hall–Kier alpha value is -2.48. The standard InChI is InChI=1S/C14H13FN4O2S/c15-10-2-4-11(5-3-10)19-12(20)8-18-13(21)9-22-14-16-6-1-7-17-14/h1-7H,8-9H2,(H,18,21)(H,19,20). The zero-order valence-corrected chi connectivity index (χ0v) is 12.3. The highest BCUT2D eigenvalue weighted by Gasteiger charge is 2.07. The second-order valence-corrected chi connectivity index (χ2v) is 5.09. The Balaban J connectivity index is 1.69. The maximum Gasteiger partial charge on any atom is 0.243 e. The van der Waals surface area contributed by atoms with Crippen LogP contribution in [0.4, 0.5) is 10.1 Å². The van der Waals surface area contributed by atoms with E-state index in [2.05, 4.69) is 20.6 Å². The van der Waals surface area contributed by atoms with Gasteiger partial charge in [-0.2, -0.15) is 0 Å². The minimum atomic E-state index is -0.388. The third-order valence-electron chi connectivity index (χ3n) is 2.45. The number of benzene rings is 1. The van der Waals surface area contributed by atoms with E-state index in [1.165, 1.54) is 36.0 Å². The van der Waals surface area contributed by atoms with Crippen LogP contribution in [0.2, 0.25) is 0 Å². The van der Waals surface area contributed by atoms with Crippen LogP contribution in [0.25, 0.3) is 0 Å². The molecular formula is C14H13FN4O2S. The molecule has 0 atom stereocenters. The van der Waals surface area contributed by atoms with Gasteiger partial charge in [-0.3, -0.25) is 9.59 Å². The quantitative estimate of drug-likeness (QED) is 0.622. The summed E-state index contributed by atoms with van der Waals surface area (Å²) in [7, 11) is 0. The van der Waals surface area contributed by atoms with Gasteiger partial charge in [-0.1, -0.05) is 11.8 Å². The van der Waals surface area contributed by atoms with Crippen LogP contribution in [0, 0.1) is 5.82 Å². The molecule has 0 bridgehead atoms. The van der Waals surface area contributed by atoms with Gasteiger partial charge in [-0.15, -0.1) is 0 Å². The number of carbonyl (C=O) groups is 2. The average Bonchev–Trinajstić information content (AvgIpc) is 2.54. The first-order valence-corrected chi connectivity index (χ1v) is 7.34. The maximum atomic E-state index is 12.7. The Morgan fingerprint density at radius 1 is 1.09 bits per heavy atom. The topological polar surface area (TPSA) is 84.0 Å². The minimum Gasteiger partial charge on any atom is -0.346 e. The molecule has 0 aliphatic heterocycles. The molecule has 0 radical (unpaired) electrons. The lowest BCUT2D eigenvalue weighted by atomic mass is 10.3. The summed E-state index contributed by atoms with van der Waals surface area (Å²) in [5.74, 6) is -0.951. The van der Waals surface area contributed by atoms with E-state index in [1.54, 1.807) is 18.5 Å². The van der Waals surface area contributed by atoms with Gasteiger partial charge in [-0.05, 0) is 30.3 Å². The molecule has 0 saturated carbocycles. The Morgan fingerprint density at radius 2 is 1.77 bits per heavy atom. The van der Waals surface area contributed by atoms with Crippen LogP contribution in [-0.2, 0) is 9.59 Å². The monoisotopic (exact) mass is 320 g/mol. The van der Waals surface area contributed by atoms with E-state index in [-0.39, 0.29) is 29.9 Å². The second-order valence-electron chi connectivity index (χ2n) is 4.15. The molecule has 2 amide bonds. The van der Waals surface area contributed by atoms with Crippen LogP contribution in [0.15, 0.2) is 47.9 Å². The normalized spacial score (nSPS) is 10.0. The fourth-order valence-corrected chi connectivity index (χ4v) is 2.09. The molecule has 2 aromatic rings. The van der Waals surface area contributed by atoms with Crippen molar-refractivity contribution < 1.29 is 14.0 Å². The van der Waals surface area contributed by atoms with E-state index in [0.717, 1.165) is 0 Å². The number of thioether (sulfide) groups is 1. The molecule has 1 heterocycles. The predicted molar refractivity (Wildman–Crippen MR) is 80.8 cm³/mol. The summed E-state index contributed by atoms with van der Waals surface area (Å²) in [5, 5.41) is 5.52. The Morgan fingerprint density at radius 3 is 2.45 bits per heavy atom. The number of hydrogen-bond acceptors (Lipinski definition) is 5. The predicted octanol–water partition coefficient (Wildman–Crippen LogP) is 1.46. The molecule has 1 aromatic heterocycles. The van der Waals surface area contributed by atoms with Gasteiger partial charge in [0.1, 0.15) is 5.82 Å². The van der Waals surface area contributed by atoms with Gasteiger partial charge >= 0.3 is 0 Å². The van der Waals surface area contributed by atoms with Gasteiger partial charge in [0.25, 0.3) is 0 Å². The van der Waals surface area contributed by atoms with Gasteiger partial charge in [0.05, 0.1) is 12.3 Å². The highest BCUT2D eigenvalue weighted by atomic mass is 32.2. The lowest BCUT2D eigenvalue weighted by Gasteiger charge is -2.06. The van der Waals surface area contributed by atoms with Crippen LogP contribution >= 0.6 is 11.8 Å². The molecule has 0 fully saturated rings. The highest BCUT2D eigenvalue weighted by molar-refractivity contribution is 7.99. The lowest BCUT2D eigenvalue weighted by molar-refractivity contribution is -0.122. The van der Waals surface area contributed by atoms with Gasteiger partial charge in [-0.25, -0.2) is 14.4 Å². The number of nitrogens with one attached hydrogen (secondary N) is 2. The average molecular weight is 320 g/mol. The third kappa shape index (κ3) is 5.49. The fourth-order valence-electron chi connectivity index (χ4n) is 1.46. The molecule has 2 N–H and O–H groups in total. The summed E-state index contributed by atoms with van der Waals surface area (Å²) in [4.78, 5) is 31.2. The van der Waals surface area contributed by atoms with E-state index >= 15 is 0 Å². The van der Waals surface area contributed by atoms with Crippen LogP contribution in [0.3, 0.4) is 0 Å². The zero-order valence-electron chi connectivity index (χ0n) is 11.5. The number of amides is 2. The highest BCUT2D eigenvalue weighted by Crippen LogP contribution is 2.10. The largest absolute Gasteiger partial charge is 0.346 e. The first kappa shape index (κ1) is 15.9. The Labute approximate surface area is 130 Å². The van der Waals surface area contributed by atoms with Crippen molar-refractivity contribution in [3.63, 3.8) is 0 Å². The molecule has 0 unspecified atom stereocenters. The van der Waals surface area contributed by atoms with Crippen LogP contribution < -0.4 is 10.6 Å². The third-order valence-corrected chi connectivity index (χ3v) is 3.32. The van der Waals surface area contributed by atoms with Crippen LogP contribution in [-0.4, -0.2) is 34.1 Å². The fraction of sp³-hybridized carbons (Fsp3) is 0.143. The van der Waals surface area contributed by atoms with E-state index in [4.69, 9.17) is 0 Å². The van der Waals surface area contributed by atoms with E-state index in [0.29, 0.717) is 10.8 Å². The van der Waals surface area contributed by atoms with E-state index in [1.807, 2.05) is 0 Å². The first-order valence-electron chi connectivity index (χ1n) is 6.35. The van der Waals surface area contributed by atoms with Crippen molar-refractivity contribution in [2.75, 3.05) is 17.6 Å². The summed E-state index contributed by atoms with van der Waals surface area (Å²) in [6.07, 6.45) is 3.17. The van der Waals surface area contributed by atoms with Crippen molar-refractivity contribution in [1.82, 2.24) is 15.3 Å². The number of carbonyl (C=O) groups excluding carboxylic acids is 2. The minimum absolute atomic E-state index is 0.119. The van der Waals surface area contributed by atoms with Gasteiger partial charge in [0.2, 0.25) is 11.8 Å². The molecule has 0 saturated heterocycles. The van der Waals surface area contributed by atoms with Gasteiger partial charge < -0.3 is 10.6 Å². The molecule has 0 aliphatic rings. The zero-order chi connectivity index (χ0) is 15.8. The summed E-state index contributed by atoms with van der Waals surface area (Å²) in [6, 6.07) is 7.05. The molecule has 1 aromatic carbocycles. The van der Waals surface area contributed by atoms with Crippen molar-refractivity contribution in [1.29, 1.82) is 0 Å². The number of rotatable bonds is 6. The van der Waals surface area contributed by atoms with Crippen molar-refractivity contribution in [2.45, 2.75) is 5.16 Å². The van der Waals surface area contributed by atoms with Crippen molar-refractivity contribution in [3.05, 3.63) is 48.5 Å². The van der Waals surface area contributed by atoms with Gasteiger partial charge in [0, 0.05) is 18.1 Å². The number of anilines is 1. The van der Waals surface area contributed by atoms with Gasteiger partial charge in [0.15, 0.2) is 5.16 Å². The maximum absolute atomic E-state index is 12.7. The Kier molecular flexibility index (Phi) is 5.84. The summed E-state index contributed by atoms with van der Waals surface area (Å²) in [5.41, 5.74) is 0.465. The van der Waals surface area contributed by atoms with E-state index < -0.39 is 0 Å². The first-order chi connectivity index (χ1) is 10.6. The molecule has 22 heavy (non-hydrogen) atoms. The molecular weight excluding hydrogens is 307 g/mol. The molecule has 114 valence electrons. The molecule has 0 aliphatic carbocycles. The summed E-state index contributed by atoms with van der Waals surface area (Å²) >= 11 is 1.18. The Bertz CT molecular complexity index is 637. The number of nitrogens with zero attached hydrogens (tertiary/aromatic N) is 2. The number of hydrogen-bond donors (Lipinski definition) is 2. The molecule has 8 heteroatoms. The molecule has 0 spiro atoms. The van der Waals surface area contributed by atoms with Crippen LogP contribution in [0.5, 0.6) is 0 Å². The SMILES string of the molecule is O=C(CSc1ncccn1)NCC(=O)Nc1ccc(F)cc1. The second kappa shape index (κ2) is 8.08. The van der Waals surface area contributed by atoms with E-state index in [9.17, 15) is 14.0 Å². The summed E-state index contributed by atoms with van der Waals surface area (Å²) < 4.78 is 12.7. The smallest absolute Gasteiger partial charge is 0.243 e. The molecule has 6 nitrogen and oxygen atoms in total.